The zero-order valence-corrected chi connectivity index (χ0v) is 13.1. The molecule has 0 bridgehead atoms. The Bertz CT molecular complexity index is 800. The van der Waals surface area contributed by atoms with E-state index >= 15 is 0 Å². The van der Waals surface area contributed by atoms with Gasteiger partial charge < -0.3 is 4.74 Å². The molecule has 0 unspecified atom stereocenters. The summed E-state index contributed by atoms with van der Waals surface area (Å²) in [6.07, 6.45) is 2.41. The van der Waals surface area contributed by atoms with E-state index in [0.29, 0.717) is 16.8 Å². The highest BCUT2D eigenvalue weighted by molar-refractivity contribution is 6.29. The molecule has 0 aliphatic carbocycles. The second-order valence-corrected chi connectivity index (χ2v) is 5.18. The summed E-state index contributed by atoms with van der Waals surface area (Å²) < 4.78 is 7.60. The van der Waals surface area contributed by atoms with Gasteiger partial charge in [-0.2, -0.15) is 9.78 Å². The summed E-state index contributed by atoms with van der Waals surface area (Å²) in [5.41, 5.74) is 1.85. The molecule has 5 nitrogen and oxygen atoms in total. The monoisotopic (exact) mass is 314 g/mol. The second-order valence-electron chi connectivity index (χ2n) is 4.79. The Kier molecular flexibility index (Phi) is 4.06. The Balaban J connectivity index is 2.02. The molecule has 6 heteroatoms. The topological polar surface area (TPSA) is 52.8 Å². The molecule has 0 N–H and O–H groups in total. The Labute approximate surface area is 133 Å². The lowest BCUT2D eigenvalue weighted by Crippen LogP contribution is -2.03. The van der Waals surface area contributed by atoms with Gasteiger partial charge in [0, 0.05) is 24.0 Å². The van der Waals surface area contributed by atoms with Crippen molar-refractivity contribution in [3.63, 3.8) is 0 Å². The minimum Gasteiger partial charge on any atom is -0.439 e. The summed E-state index contributed by atoms with van der Waals surface area (Å²) in [7, 11) is 0. The molecule has 0 aliphatic rings. The molecular formula is C16H15ClN4O. The molecule has 0 saturated heterocycles. The van der Waals surface area contributed by atoms with E-state index in [1.807, 2.05) is 38.1 Å². The fraction of sp³-hybridized carbons (Fsp3) is 0.188. The van der Waals surface area contributed by atoms with E-state index in [0.717, 1.165) is 23.6 Å². The predicted molar refractivity (Wildman–Crippen MR) is 84.8 cm³/mol. The van der Waals surface area contributed by atoms with Gasteiger partial charge in [-0.1, -0.05) is 24.6 Å². The number of rotatable bonds is 4. The van der Waals surface area contributed by atoms with Crippen LogP contribution < -0.4 is 4.74 Å². The van der Waals surface area contributed by atoms with Gasteiger partial charge >= 0.3 is 0 Å². The van der Waals surface area contributed by atoms with Crippen LogP contribution in [-0.2, 0) is 6.42 Å². The lowest BCUT2D eigenvalue weighted by molar-refractivity contribution is 0.442. The first-order valence-corrected chi connectivity index (χ1v) is 7.36. The van der Waals surface area contributed by atoms with Crippen molar-refractivity contribution in [2.75, 3.05) is 0 Å². The highest BCUT2D eigenvalue weighted by Gasteiger charge is 2.12. The average molecular weight is 315 g/mol. The third kappa shape index (κ3) is 3.09. The van der Waals surface area contributed by atoms with Gasteiger partial charge in [0.1, 0.15) is 10.9 Å². The maximum absolute atomic E-state index is 5.90. The minimum atomic E-state index is 0.382. The van der Waals surface area contributed by atoms with Crippen LogP contribution in [0, 0.1) is 6.92 Å². The van der Waals surface area contributed by atoms with Gasteiger partial charge in [-0.05, 0) is 31.5 Å². The van der Waals surface area contributed by atoms with Crippen LogP contribution in [0.4, 0.5) is 0 Å². The number of ether oxygens (including phenoxy) is 1. The van der Waals surface area contributed by atoms with Gasteiger partial charge in [0.2, 0.25) is 5.88 Å². The largest absolute Gasteiger partial charge is 0.439 e. The number of hydrogen-bond donors (Lipinski definition) is 0. The molecule has 0 spiro atoms. The summed E-state index contributed by atoms with van der Waals surface area (Å²) >= 11 is 5.90. The molecule has 0 amide bonds. The third-order valence-electron chi connectivity index (χ3n) is 3.10. The number of pyridine rings is 2. The van der Waals surface area contributed by atoms with Gasteiger partial charge in [-0.15, -0.1) is 0 Å². The Morgan fingerprint density at radius 1 is 1.23 bits per heavy atom. The first-order valence-electron chi connectivity index (χ1n) is 6.98. The first kappa shape index (κ1) is 14.5. The molecular weight excluding hydrogens is 300 g/mol. The fourth-order valence-electron chi connectivity index (χ4n) is 2.04. The van der Waals surface area contributed by atoms with E-state index in [-0.39, 0.29) is 0 Å². The minimum absolute atomic E-state index is 0.382. The quantitative estimate of drug-likeness (QED) is 0.683. The molecule has 3 heterocycles. The molecule has 3 aromatic heterocycles. The molecule has 3 rings (SSSR count). The molecule has 0 aliphatic heterocycles. The summed E-state index contributed by atoms with van der Waals surface area (Å²) in [5, 5.41) is 4.92. The van der Waals surface area contributed by atoms with Crippen LogP contribution in [-0.4, -0.2) is 19.7 Å². The van der Waals surface area contributed by atoms with Crippen LogP contribution in [0.3, 0.4) is 0 Å². The molecule has 22 heavy (non-hydrogen) atoms. The van der Waals surface area contributed by atoms with Gasteiger partial charge in [-0.3, -0.25) is 0 Å². The second kappa shape index (κ2) is 6.15. The summed E-state index contributed by atoms with van der Waals surface area (Å²) in [5.74, 6) is 1.92. The number of nitrogens with zero attached hydrogens (tertiary/aromatic N) is 4. The summed E-state index contributed by atoms with van der Waals surface area (Å²) in [6.45, 7) is 3.99. The fourth-order valence-corrected chi connectivity index (χ4v) is 2.20. The maximum atomic E-state index is 5.90. The molecule has 0 atom stereocenters. The Hall–Kier alpha value is -2.40. The molecule has 112 valence electrons. The number of hydrogen-bond acceptors (Lipinski definition) is 4. The van der Waals surface area contributed by atoms with Crippen molar-refractivity contribution in [3.8, 4) is 17.4 Å². The number of halogens is 1. The van der Waals surface area contributed by atoms with E-state index < -0.39 is 0 Å². The van der Waals surface area contributed by atoms with E-state index in [1.165, 1.54) is 0 Å². The lowest BCUT2D eigenvalue weighted by Gasteiger charge is -2.08. The Morgan fingerprint density at radius 2 is 2.09 bits per heavy atom. The number of aryl methyl sites for hydroxylation is 2. The highest BCUT2D eigenvalue weighted by Crippen LogP contribution is 2.26. The lowest BCUT2D eigenvalue weighted by atomic mass is 10.3. The number of aromatic nitrogens is 4. The van der Waals surface area contributed by atoms with Gasteiger partial charge in [0.05, 0.1) is 5.69 Å². The van der Waals surface area contributed by atoms with Crippen LogP contribution in [0.5, 0.6) is 11.6 Å². The van der Waals surface area contributed by atoms with Gasteiger partial charge in [-0.25, -0.2) is 9.97 Å². The van der Waals surface area contributed by atoms with E-state index in [1.54, 1.807) is 23.0 Å². The van der Waals surface area contributed by atoms with Crippen molar-refractivity contribution in [2.45, 2.75) is 20.3 Å². The maximum Gasteiger partial charge on any atom is 0.224 e. The van der Waals surface area contributed by atoms with Crippen molar-refractivity contribution in [2.24, 2.45) is 0 Å². The summed E-state index contributed by atoms with van der Waals surface area (Å²) in [6, 6.07) is 11.1. The standard InChI is InChI=1S/C16H15ClN4O/c1-3-12-9-16(22-13-7-8-18-14(17)10-13)21(20-12)15-6-4-5-11(2)19-15/h4-10H,3H2,1-2H3. The first-order chi connectivity index (χ1) is 10.7. The predicted octanol–water partition coefficient (Wildman–Crippen LogP) is 3.98. The van der Waals surface area contributed by atoms with Gasteiger partial charge in [0.25, 0.3) is 0 Å². The van der Waals surface area contributed by atoms with Crippen LogP contribution in [0.2, 0.25) is 5.15 Å². The zero-order chi connectivity index (χ0) is 15.5. The van der Waals surface area contributed by atoms with Crippen molar-refractivity contribution in [1.29, 1.82) is 0 Å². The van der Waals surface area contributed by atoms with Gasteiger partial charge in [0.15, 0.2) is 5.82 Å². The highest BCUT2D eigenvalue weighted by atomic mass is 35.5. The van der Waals surface area contributed by atoms with E-state index in [9.17, 15) is 0 Å². The van der Waals surface area contributed by atoms with Crippen LogP contribution in [0.1, 0.15) is 18.3 Å². The van der Waals surface area contributed by atoms with Crippen molar-refractivity contribution < 1.29 is 4.74 Å². The van der Waals surface area contributed by atoms with E-state index in [4.69, 9.17) is 16.3 Å². The SMILES string of the molecule is CCc1cc(Oc2ccnc(Cl)c2)n(-c2cccc(C)n2)n1. The van der Waals surface area contributed by atoms with Crippen molar-refractivity contribution in [3.05, 3.63) is 59.1 Å². The average Bonchev–Trinajstić information content (AvgIpc) is 2.90. The molecule has 0 fully saturated rings. The zero-order valence-electron chi connectivity index (χ0n) is 12.3. The molecule has 3 aromatic rings. The van der Waals surface area contributed by atoms with Crippen molar-refractivity contribution in [1.82, 2.24) is 19.7 Å². The van der Waals surface area contributed by atoms with Crippen molar-refractivity contribution >= 4 is 11.6 Å². The smallest absolute Gasteiger partial charge is 0.224 e. The molecule has 0 aromatic carbocycles. The van der Waals surface area contributed by atoms with Crippen LogP contribution in [0.25, 0.3) is 5.82 Å². The third-order valence-corrected chi connectivity index (χ3v) is 3.31. The molecule has 0 radical (unpaired) electrons. The van der Waals surface area contributed by atoms with E-state index in [2.05, 4.69) is 15.1 Å². The molecule has 0 saturated carbocycles. The normalized spacial score (nSPS) is 10.7. The Morgan fingerprint density at radius 3 is 2.82 bits per heavy atom. The van der Waals surface area contributed by atoms with Crippen LogP contribution >= 0.6 is 11.6 Å². The summed E-state index contributed by atoms with van der Waals surface area (Å²) in [4.78, 5) is 8.44. The van der Waals surface area contributed by atoms with Crippen LogP contribution in [0.15, 0.2) is 42.6 Å².